The Labute approximate surface area is 301 Å². The number of aromatic hydroxyl groups is 3. The monoisotopic (exact) mass is 713 g/mol. The molecule has 10 nitrogen and oxygen atoms in total. The predicted molar refractivity (Wildman–Crippen MR) is 204 cm³/mol. The lowest BCUT2D eigenvalue weighted by molar-refractivity contribution is 0.397. The van der Waals surface area contributed by atoms with Gasteiger partial charge in [-0.3, -0.25) is 24.9 Å². The molecule has 0 aliphatic heterocycles. The first-order valence-electron chi connectivity index (χ1n) is 15.7. The van der Waals surface area contributed by atoms with E-state index in [1.165, 1.54) is 0 Å². The summed E-state index contributed by atoms with van der Waals surface area (Å²) < 4.78 is 0. The largest absolute Gasteiger partial charge is 0.506 e. The molecule has 0 aliphatic carbocycles. The number of rotatable bonds is 2. The minimum absolute atomic E-state index is 0.0118. The molecule has 0 bridgehead atoms. The van der Waals surface area contributed by atoms with Gasteiger partial charge in [0.2, 0.25) is 0 Å². The summed E-state index contributed by atoms with van der Waals surface area (Å²) in [6.45, 7) is 0.702. The van der Waals surface area contributed by atoms with Crippen LogP contribution in [0.2, 0.25) is 10.0 Å². The van der Waals surface area contributed by atoms with Gasteiger partial charge in [-0.25, -0.2) is 4.98 Å². The first-order chi connectivity index (χ1) is 24.7. The molecule has 0 saturated heterocycles. The Hall–Kier alpha value is -5.94. The second kappa shape index (κ2) is 14.1. The van der Waals surface area contributed by atoms with Crippen molar-refractivity contribution in [1.82, 2.24) is 34.8 Å². The Balaban J connectivity index is 0.000000121. The Morgan fingerprint density at radius 3 is 1.55 bits per heavy atom. The fourth-order valence-electron chi connectivity index (χ4n) is 5.90. The van der Waals surface area contributed by atoms with Crippen LogP contribution < -0.4 is 0 Å². The molecule has 0 atom stereocenters. The van der Waals surface area contributed by atoms with E-state index in [0.717, 1.165) is 54.6 Å². The first kappa shape index (κ1) is 33.6. The lowest BCUT2D eigenvalue weighted by Crippen LogP contribution is -2.11. The van der Waals surface area contributed by atoms with Gasteiger partial charge >= 0.3 is 0 Å². The molecule has 3 N–H and O–H groups in total. The number of nitrogens with zero attached hydrogens (tertiary/aromatic N) is 7. The molecule has 0 saturated carbocycles. The van der Waals surface area contributed by atoms with Crippen LogP contribution in [0.25, 0.3) is 65.4 Å². The molecular weight excluding hydrogens is 685 g/mol. The number of halogens is 2. The minimum Gasteiger partial charge on any atom is -0.506 e. The zero-order valence-corrected chi connectivity index (χ0v) is 28.8. The molecule has 252 valence electrons. The lowest BCUT2D eigenvalue weighted by Gasteiger charge is -2.12. The SMILES string of the molecule is CN(C)Cc1ccc2c(n1)c(O)c(Cl)c1cccnc12.Oc1c(Cl)c2cccnc2c2cccnc12.Oc1cc2cccnc2c2cccnc12. The lowest BCUT2D eigenvalue weighted by atomic mass is 10.1. The molecule has 6 heterocycles. The number of phenolic OH excluding ortho intramolecular Hbond substituents is 3. The summed E-state index contributed by atoms with van der Waals surface area (Å²) in [5.74, 6) is 0.228. The number of hydrogen-bond donors (Lipinski definition) is 3. The minimum atomic E-state index is 0.0118. The van der Waals surface area contributed by atoms with Crippen molar-refractivity contribution >= 4 is 88.6 Å². The van der Waals surface area contributed by atoms with Gasteiger partial charge in [0.25, 0.3) is 0 Å². The van der Waals surface area contributed by atoms with Gasteiger partial charge in [-0.15, -0.1) is 0 Å². The normalized spacial score (nSPS) is 11.2. The molecular formula is C39H29Cl2N7O3. The van der Waals surface area contributed by atoms with Crippen LogP contribution in [-0.4, -0.2) is 64.2 Å². The van der Waals surface area contributed by atoms with Crippen molar-refractivity contribution in [1.29, 1.82) is 0 Å². The molecule has 0 aliphatic rings. The van der Waals surface area contributed by atoms with Gasteiger partial charge in [0, 0.05) is 69.8 Å². The average molecular weight is 715 g/mol. The van der Waals surface area contributed by atoms with Gasteiger partial charge in [-0.2, -0.15) is 0 Å². The molecule has 0 unspecified atom stereocenters. The van der Waals surface area contributed by atoms with E-state index in [9.17, 15) is 15.3 Å². The van der Waals surface area contributed by atoms with Crippen LogP contribution in [0.4, 0.5) is 0 Å². The van der Waals surface area contributed by atoms with Crippen LogP contribution >= 0.6 is 23.2 Å². The van der Waals surface area contributed by atoms with Crippen LogP contribution in [0, 0.1) is 0 Å². The van der Waals surface area contributed by atoms with E-state index < -0.39 is 0 Å². The Kier molecular flexibility index (Phi) is 9.29. The van der Waals surface area contributed by atoms with Crippen molar-refractivity contribution in [2.24, 2.45) is 0 Å². The average Bonchev–Trinajstić information content (AvgIpc) is 3.16. The molecule has 0 spiro atoms. The second-order valence-corrected chi connectivity index (χ2v) is 12.6. The summed E-state index contributed by atoms with van der Waals surface area (Å²) in [6, 6.07) is 24.1. The molecule has 0 fully saturated rings. The fourth-order valence-corrected chi connectivity index (χ4v) is 6.38. The second-order valence-electron chi connectivity index (χ2n) is 11.8. The molecule has 6 aromatic heterocycles. The zero-order valence-electron chi connectivity index (χ0n) is 27.3. The molecule has 51 heavy (non-hydrogen) atoms. The Morgan fingerprint density at radius 2 is 0.961 bits per heavy atom. The van der Waals surface area contributed by atoms with Crippen LogP contribution in [0.3, 0.4) is 0 Å². The number of hydrogen-bond acceptors (Lipinski definition) is 10. The van der Waals surface area contributed by atoms with Crippen LogP contribution in [-0.2, 0) is 6.54 Å². The third-order valence-corrected chi connectivity index (χ3v) is 8.90. The third kappa shape index (κ3) is 6.43. The van der Waals surface area contributed by atoms with E-state index >= 15 is 0 Å². The van der Waals surface area contributed by atoms with Crippen molar-refractivity contribution < 1.29 is 15.3 Å². The number of benzene rings is 3. The zero-order chi connectivity index (χ0) is 35.6. The summed E-state index contributed by atoms with van der Waals surface area (Å²) in [4.78, 5) is 27.7. The van der Waals surface area contributed by atoms with Crippen LogP contribution in [0.15, 0.2) is 110 Å². The maximum Gasteiger partial charge on any atom is 0.161 e. The quantitative estimate of drug-likeness (QED) is 0.149. The summed E-state index contributed by atoms with van der Waals surface area (Å²) in [7, 11) is 3.95. The van der Waals surface area contributed by atoms with Gasteiger partial charge in [0.05, 0.1) is 32.3 Å². The maximum absolute atomic E-state index is 10.3. The third-order valence-electron chi connectivity index (χ3n) is 8.14. The smallest absolute Gasteiger partial charge is 0.161 e. The van der Waals surface area contributed by atoms with Gasteiger partial charge in [0.15, 0.2) is 11.5 Å². The standard InChI is InChI=1S/C15H14ClN3O.C12H7ClN2O.C12H8N2O/c1-19(2)8-9-5-6-11-13-10(4-3-7-17-13)12(16)15(20)14(11)18-9;13-9-7-3-1-5-14-10(7)8-4-2-6-15-11(8)12(9)16;15-10-7-8-3-1-5-13-11(8)9-4-2-6-14-12(9)10/h3-7,20H,8H2,1-2H3;1-6,16H;1-7,15H. The van der Waals surface area contributed by atoms with Crippen LogP contribution in [0.1, 0.15) is 5.69 Å². The first-order valence-corrected chi connectivity index (χ1v) is 16.5. The van der Waals surface area contributed by atoms with Crippen molar-refractivity contribution in [3.8, 4) is 17.2 Å². The molecule has 9 aromatic rings. The van der Waals surface area contributed by atoms with Crippen molar-refractivity contribution in [3.05, 3.63) is 126 Å². The molecule has 0 radical (unpaired) electrons. The highest BCUT2D eigenvalue weighted by Crippen LogP contribution is 2.39. The van der Waals surface area contributed by atoms with E-state index in [0.29, 0.717) is 33.1 Å². The fraction of sp³-hybridized carbons (Fsp3) is 0.0769. The highest BCUT2D eigenvalue weighted by molar-refractivity contribution is 6.39. The number of phenols is 3. The number of aromatic nitrogens is 6. The van der Waals surface area contributed by atoms with E-state index in [1.54, 1.807) is 49.2 Å². The van der Waals surface area contributed by atoms with E-state index in [4.69, 9.17) is 23.2 Å². The van der Waals surface area contributed by atoms with E-state index in [2.05, 4.69) is 29.9 Å². The topological polar surface area (TPSA) is 141 Å². The van der Waals surface area contributed by atoms with Crippen molar-refractivity contribution in [3.63, 3.8) is 0 Å². The van der Waals surface area contributed by atoms with Crippen molar-refractivity contribution in [2.75, 3.05) is 14.1 Å². The summed E-state index contributed by atoms with van der Waals surface area (Å²) >= 11 is 12.3. The van der Waals surface area contributed by atoms with Gasteiger partial charge in [0.1, 0.15) is 22.3 Å². The molecule has 9 rings (SSSR count). The Morgan fingerprint density at radius 1 is 0.510 bits per heavy atom. The van der Waals surface area contributed by atoms with Gasteiger partial charge < -0.3 is 20.2 Å². The highest BCUT2D eigenvalue weighted by atomic mass is 35.5. The molecule has 0 amide bonds. The maximum atomic E-state index is 10.3. The van der Waals surface area contributed by atoms with E-state index in [1.807, 2.05) is 79.7 Å². The predicted octanol–water partition coefficient (Wildman–Crippen LogP) is 8.83. The van der Waals surface area contributed by atoms with Gasteiger partial charge in [-0.1, -0.05) is 29.3 Å². The summed E-state index contributed by atoms with van der Waals surface area (Å²) in [5.41, 5.74) is 4.85. The highest BCUT2D eigenvalue weighted by Gasteiger charge is 2.15. The van der Waals surface area contributed by atoms with E-state index in [-0.39, 0.29) is 17.2 Å². The number of fused-ring (bicyclic) bond motifs is 9. The molecule has 12 heteroatoms. The van der Waals surface area contributed by atoms with Crippen molar-refractivity contribution in [2.45, 2.75) is 6.54 Å². The summed E-state index contributed by atoms with van der Waals surface area (Å²) in [5, 5.41) is 35.5. The van der Waals surface area contributed by atoms with Gasteiger partial charge in [-0.05, 0) is 86.9 Å². The molecule has 3 aromatic carbocycles. The Bertz CT molecular complexity index is 2680. The summed E-state index contributed by atoms with van der Waals surface area (Å²) in [6.07, 6.45) is 8.43. The van der Waals surface area contributed by atoms with Crippen LogP contribution in [0.5, 0.6) is 17.2 Å². The number of pyridine rings is 6.